The molecule has 1 saturated heterocycles. The normalized spacial score (nSPS) is 14.3. The lowest BCUT2D eigenvalue weighted by Gasteiger charge is -2.21. The molecule has 1 amide bonds. The summed E-state index contributed by atoms with van der Waals surface area (Å²) in [6.07, 6.45) is 7.85. The smallest absolute Gasteiger partial charge is 0.224 e. The third-order valence-corrected chi connectivity index (χ3v) is 8.31. The predicted octanol–water partition coefficient (Wildman–Crippen LogP) is 6.22. The molecular weight excluding hydrogens is 506 g/mol. The maximum Gasteiger partial charge on any atom is 0.224 e. The van der Waals surface area contributed by atoms with Gasteiger partial charge in [0.25, 0.3) is 0 Å². The number of rotatable bonds is 6. The van der Waals surface area contributed by atoms with Crippen LogP contribution >= 0.6 is 11.3 Å². The lowest BCUT2D eigenvalue weighted by molar-refractivity contribution is -0.117. The third-order valence-electron chi connectivity index (χ3n) is 7.40. The Bertz CT molecular complexity index is 1780. The number of benzene rings is 1. The zero-order valence-corrected chi connectivity index (χ0v) is 22.0. The Morgan fingerprint density at radius 1 is 1.00 bits per heavy atom. The molecule has 1 aromatic carbocycles. The van der Waals surface area contributed by atoms with E-state index in [1.165, 1.54) is 10.4 Å². The zero-order valence-electron chi connectivity index (χ0n) is 21.2. The number of hydrogen-bond acceptors (Lipinski definition) is 6. The number of pyridine rings is 2. The van der Waals surface area contributed by atoms with Crippen molar-refractivity contribution in [2.75, 3.05) is 18.4 Å². The lowest BCUT2D eigenvalue weighted by Crippen LogP contribution is -2.30. The molecule has 9 heteroatoms. The quantitative estimate of drug-likeness (QED) is 0.203. The van der Waals surface area contributed by atoms with Crippen LogP contribution in [0.3, 0.4) is 0 Å². The van der Waals surface area contributed by atoms with Gasteiger partial charge in [0.1, 0.15) is 5.69 Å². The number of piperidine rings is 1. The molecule has 1 aliphatic heterocycles. The van der Waals surface area contributed by atoms with Crippen molar-refractivity contribution in [3.05, 3.63) is 72.5 Å². The van der Waals surface area contributed by atoms with E-state index in [0.717, 1.165) is 70.4 Å². The van der Waals surface area contributed by atoms with Gasteiger partial charge in [0.15, 0.2) is 0 Å². The Hall–Kier alpha value is -4.34. The number of H-pyrrole nitrogens is 2. The van der Waals surface area contributed by atoms with Crippen LogP contribution < -0.4 is 10.6 Å². The highest BCUT2D eigenvalue weighted by Crippen LogP contribution is 2.36. The summed E-state index contributed by atoms with van der Waals surface area (Å²) in [5.41, 5.74) is 7.18. The molecule has 0 radical (unpaired) electrons. The molecule has 7 rings (SSSR count). The molecule has 4 N–H and O–H groups in total. The Morgan fingerprint density at radius 3 is 2.79 bits per heavy atom. The Morgan fingerprint density at radius 2 is 1.92 bits per heavy atom. The molecule has 0 bridgehead atoms. The SMILES string of the molecule is O=C(CC1CCNCC1)Nc1cncc(-c2cc3c(-c4cc5c(-c6cccs6)cccc5[nH]4)n[nH]c3cn2)c1. The molecule has 39 heavy (non-hydrogen) atoms. The van der Waals surface area contributed by atoms with Crippen molar-refractivity contribution in [3.8, 4) is 33.1 Å². The number of carbonyl (C=O) groups excluding carboxylic acids is 1. The maximum absolute atomic E-state index is 12.7. The summed E-state index contributed by atoms with van der Waals surface area (Å²) in [6, 6.07) is 16.7. The van der Waals surface area contributed by atoms with Gasteiger partial charge < -0.3 is 15.6 Å². The molecule has 0 aliphatic carbocycles. The van der Waals surface area contributed by atoms with Crippen LogP contribution in [0.2, 0.25) is 0 Å². The minimum atomic E-state index is 0.0297. The number of anilines is 1. The minimum Gasteiger partial charge on any atom is -0.353 e. The molecule has 0 spiro atoms. The minimum absolute atomic E-state index is 0.0297. The number of nitrogens with one attached hydrogen (secondary N) is 4. The molecule has 0 atom stereocenters. The summed E-state index contributed by atoms with van der Waals surface area (Å²) in [6.45, 7) is 1.96. The molecule has 194 valence electrons. The molecule has 5 aromatic heterocycles. The van der Waals surface area contributed by atoms with Gasteiger partial charge in [-0.25, -0.2) is 0 Å². The first-order valence-corrected chi connectivity index (χ1v) is 14.1. The summed E-state index contributed by atoms with van der Waals surface area (Å²) < 4.78 is 0. The Labute approximate surface area is 228 Å². The fourth-order valence-electron chi connectivity index (χ4n) is 5.42. The number of nitrogens with zero attached hydrogens (tertiary/aromatic N) is 3. The van der Waals surface area contributed by atoms with E-state index in [0.29, 0.717) is 18.0 Å². The Kier molecular flexibility index (Phi) is 6.14. The molecule has 8 nitrogen and oxygen atoms in total. The van der Waals surface area contributed by atoms with E-state index in [1.807, 2.05) is 12.1 Å². The van der Waals surface area contributed by atoms with E-state index >= 15 is 0 Å². The summed E-state index contributed by atoms with van der Waals surface area (Å²) in [4.78, 5) is 26.5. The number of carbonyl (C=O) groups is 1. The highest BCUT2D eigenvalue weighted by Gasteiger charge is 2.18. The highest BCUT2D eigenvalue weighted by molar-refractivity contribution is 7.13. The fraction of sp³-hybridized carbons (Fsp3) is 0.200. The second-order valence-electron chi connectivity index (χ2n) is 10.0. The van der Waals surface area contributed by atoms with Crippen LogP contribution in [0.4, 0.5) is 5.69 Å². The van der Waals surface area contributed by atoms with E-state index in [9.17, 15) is 4.79 Å². The van der Waals surface area contributed by atoms with Gasteiger partial charge in [0.2, 0.25) is 5.91 Å². The van der Waals surface area contributed by atoms with Gasteiger partial charge in [-0.05, 0) is 67.6 Å². The monoisotopic (exact) mass is 533 g/mol. The number of aromatic nitrogens is 5. The summed E-state index contributed by atoms with van der Waals surface area (Å²) >= 11 is 1.73. The van der Waals surface area contributed by atoms with Crippen molar-refractivity contribution in [2.24, 2.45) is 5.92 Å². The van der Waals surface area contributed by atoms with Crippen LogP contribution in [-0.4, -0.2) is 44.1 Å². The summed E-state index contributed by atoms with van der Waals surface area (Å²) in [5.74, 6) is 0.458. The first-order valence-electron chi connectivity index (χ1n) is 13.2. The van der Waals surface area contributed by atoms with Crippen LogP contribution in [-0.2, 0) is 4.79 Å². The fourth-order valence-corrected chi connectivity index (χ4v) is 6.18. The number of fused-ring (bicyclic) bond motifs is 2. The highest BCUT2D eigenvalue weighted by atomic mass is 32.1. The molecule has 0 saturated carbocycles. The van der Waals surface area contributed by atoms with E-state index in [-0.39, 0.29) is 5.91 Å². The molecule has 6 heterocycles. The first-order chi connectivity index (χ1) is 19.2. The van der Waals surface area contributed by atoms with Crippen LogP contribution in [0.15, 0.2) is 72.5 Å². The van der Waals surface area contributed by atoms with Crippen molar-refractivity contribution in [1.82, 2.24) is 30.5 Å². The van der Waals surface area contributed by atoms with Crippen LogP contribution in [0.1, 0.15) is 19.3 Å². The van der Waals surface area contributed by atoms with Crippen molar-refractivity contribution in [3.63, 3.8) is 0 Å². The third kappa shape index (κ3) is 4.71. The van der Waals surface area contributed by atoms with Crippen molar-refractivity contribution in [1.29, 1.82) is 0 Å². The van der Waals surface area contributed by atoms with Gasteiger partial charge >= 0.3 is 0 Å². The maximum atomic E-state index is 12.7. The average Bonchev–Trinajstić information content (AvgIpc) is 3.73. The second kappa shape index (κ2) is 10.1. The number of hydrogen-bond donors (Lipinski definition) is 4. The zero-order chi connectivity index (χ0) is 26.2. The van der Waals surface area contributed by atoms with Crippen molar-refractivity contribution < 1.29 is 4.79 Å². The molecular formula is C30H27N7OS. The van der Waals surface area contributed by atoms with E-state index < -0.39 is 0 Å². The van der Waals surface area contributed by atoms with Crippen LogP contribution in [0.5, 0.6) is 0 Å². The second-order valence-corrected chi connectivity index (χ2v) is 11.0. The molecule has 1 aliphatic rings. The Balaban J connectivity index is 1.19. The summed E-state index contributed by atoms with van der Waals surface area (Å²) in [7, 11) is 0. The molecule has 1 fully saturated rings. The molecule has 0 unspecified atom stereocenters. The number of amides is 1. The molecule has 6 aromatic rings. The largest absolute Gasteiger partial charge is 0.353 e. The van der Waals surface area contributed by atoms with Gasteiger partial charge in [-0.3, -0.25) is 19.9 Å². The van der Waals surface area contributed by atoms with Gasteiger partial charge in [0.05, 0.1) is 35.0 Å². The predicted molar refractivity (Wildman–Crippen MR) is 157 cm³/mol. The van der Waals surface area contributed by atoms with Gasteiger partial charge in [0, 0.05) is 44.9 Å². The first kappa shape index (κ1) is 23.8. The van der Waals surface area contributed by atoms with Crippen LogP contribution in [0.25, 0.3) is 54.9 Å². The van der Waals surface area contributed by atoms with Crippen molar-refractivity contribution >= 4 is 44.7 Å². The standard InChI is InChI=1S/C30H27N7OS/c38-29(11-18-6-8-31-9-7-18)34-20-12-19(15-32-16-20)25-14-23-27(17-33-25)36-37-30(23)26-13-22-21(28-5-2-10-39-28)3-1-4-24(22)35-26/h1-5,10,12-18,31,35H,6-9,11H2,(H,34,38)(H,36,37). The van der Waals surface area contributed by atoms with Gasteiger partial charge in [-0.15, -0.1) is 11.3 Å². The van der Waals surface area contributed by atoms with Gasteiger partial charge in [-0.1, -0.05) is 18.2 Å². The topological polar surface area (TPSA) is 111 Å². The van der Waals surface area contributed by atoms with E-state index in [4.69, 9.17) is 0 Å². The van der Waals surface area contributed by atoms with Gasteiger partial charge in [-0.2, -0.15) is 5.10 Å². The number of thiophene rings is 1. The van der Waals surface area contributed by atoms with E-state index in [1.54, 1.807) is 29.9 Å². The average molecular weight is 534 g/mol. The summed E-state index contributed by atoms with van der Waals surface area (Å²) in [5, 5.41) is 18.3. The van der Waals surface area contributed by atoms with E-state index in [2.05, 4.69) is 77.6 Å². The van der Waals surface area contributed by atoms with Crippen molar-refractivity contribution in [2.45, 2.75) is 19.3 Å². The van der Waals surface area contributed by atoms with Crippen LogP contribution in [0, 0.1) is 5.92 Å². The number of aromatic amines is 2. The lowest BCUT2D eigenvalue weighted by atomic mass is 9.94.